The number of rotatable bonds is 4. The highest BCUT2D eigenvalue weighted by atomic mass is 19.1. The van der Waals surface area contributed by atoms with Crippen molar-refractivity contribution in [2.24, 2.45) is 0 Å². The highest BCUT2D eigenvalue weighted by Crippen LogP contribution is 2.33. The number of anilines is 1. The van der Waals surface area contributed by atoms with Gasteiger partial charge < -0.3 is 19.5 Å². The van der Waals surface area contributed by atoms with Crippen LogP contribution in [0.5, 0.6) is 5.75 Å². The first-order valence-corrected chi connectivity index (χ1v) is 9.06. The predicted octanol–water partition coefficient (Wildman–Crippen LogP) is 4.39. The van der Waals surface area contributed by atoms with Crippen LogP contribution in [0.15, 0.2) is 47.0 Å². The number of benzene rings is 2. The van der Waals surface area contributed by atoms with Crippen LogP contribution >= 0.6 is 0 Å². The van der Waals surface area contributed by atoms with Crippen molar-refractivity contribution in [2.75, 3.05) is 19.0 Å². The molecule has 0 saturated carbocycles. The van der Waals surface area contributed by atoms with Gasteiger partial charge in [-0.25, -0.2) is 13.6 Å². The van der Waals surface area contributed by atoms with Crippen LogP contribution in [0.4, 0.5) is 19.3 Å². The molecule has 1 saturated heterocycles. The third kappa shape index (κ3) is 3.89. The first-order chi connectivity index (χ1) is 14.0. The van der Waals surface area contributed by atoms with E-state index in [1.54, 1.807) is 13.2 Å². The lowest BCUT2D eigenvalue weighted by molar-refractivity contribution is 0.193. The van der Waals surface area contributed by atoms with Crippen molar-refractivity contribution in [3.8, 4) is 17.1 Å². The molecular weight excluding hydrogens is 382 g/mol. The van der Waals surface area contributed by atoms with Gasteiger partial charge in [-0.2, -0.15) is 4.98 Å². The van der Waals surface area contributed by atoms with Gasteiger partial charge in [-0.1, -0.05) is 17.3 Å². The van der Waals surface area contributed by atoms with Gasteiger partial charge in [-0.3, -0.25) is 0 Å². The Morgan fingerprint density at radius 1 is 1.28 bits per heavy atom. The van der Waals surface area contributed by atoms with E-state index in [4.69, 9.17) is 9.26 Å². The summed E-state index contributed by atoms with van der Waals surface area (Å²) in [5.74, 6) is -0.203. The second-order valence-electron chi connectivity index (χ2n) is 6.59. The second-order valence-corrected chi connectivity index (χ2v) is 6.59. The number of ether oxygens (including phenoxy) is 1. The SMILES string of the molecule is COc1cccc(-c2noc([C@@H]3CCCN3C(=O)Nc3ccc(F)cc3F)n2)c1. The summed E-state index contributed by atoms with van der Waals surface area (Å²) < 4.78 is 37.5. The fraction of sp³-hybridized carbons (Fsp3) is 0.250. The molecule has 0 bridgehead atoms. The fourth-order valence-corrected chi connectivity index (χ4v) is 3.29. The first kappa shape index (κ1) is 18.9. The third-order valence-electron chi connectivity index (χ3n) is 4.74. The van der Waals surface area contributed by atoms with Crippen molar-refractivity contribution in [1.82, 2.24) is 15.0 Å². The zero-order chi connectivity index (χ0) is 20.4. The quantitative estimate of drug-likeness (QED) is 0.702. The van der Waals surface area contributed by atoms with E-state index in [2.05, 4.69) is 15.5 Å². The number of nitrogens with one attached hydrogen (secondary N) is 1. The number of urea groups is 1. The molecule has 1 aliphatic rings. The molecule has 7 nitrogen and oxygen atoms in total. The molecule has 2 heterocycles. The van der Waals surface area contributed by atoms with E-state index in [0.717, 1.165) is 24.1 Å². The maximum Gasteiger partial charge on any atom is 0.322 e. The third-order valence-corrected chi connectivity index (χ3v) is 4.74. The van der Waals surface area contributed by atoms with E-state index in [9.17, 15) is 13.6 Å². The largest absolute Gasteiger partial charge is 0.497 e. The van der Waals surface area contributed by atoms with E-state index in [1.807, 2.05) is 18.2 Å². The molecule has 1 N–H and O–H groups in total. The Hall–Kier alpha value is -3.49. The second kappa shape index (κ2) is 7.86. The van der Waals surface area contributed by atoms with Gasteiger partial charge in [-0.05, 0) is 37.1 Å². The Balaban J connectivity index is 1.52. The average Bonchev–Trinajstić information content (AvgIpc) is 3.39. The van der Waals surface area contributed by atoms with Crippen molar-refractivity contribution < 1.29 is 22.8 Å². The molecule has 150 valence electrons. The number of halogens is 2. The zero-order valence-corrected chi connectivity index (χ0v) is 15.6. The van der Waals surface area contributed by atoms with E-state index in [-0.39, 0.29) is 5.69 Å². The summed E-state index contributed by atoms with van der Waals surface area (Å²) in [7, 11) is 1.57. The van der Waals surface area contributed by atoms with Crippen molar-refractivity contribution in [1.29, 1.82) is 0 Å². The van der Waals surface area contributed by atoms with Gasteiger partial charge in [0.25, 0.3) is 0 Å². The molecule has 1 aliphatic heterocycles. The lowest BCUT2D eigenvalue weighted by atomic mass is 10.2. The van der Waals surface area contributed by atoms with Crippen LogP contribution in [0, 0.1) is 11.6 Å². The van der Waals surface area contributed by atoms with Gasteiger partial charge in [0.1, 0.15) is 23.4 Å². The summed E-state index contributed by atoms with van der Waals surface area (Å²) in [6.45, 7) is 0.455. The number of methoxy groups -OCH3 is 1. The van der Waals surface area contributed by atoms with Crippen molar-refractivity contribution in [3.63, 3.8) is 0 Å². The van der Waals surface area contributed by atoms with Crippen LogP contribution in [0.25, 0.3) is 11.4 Å². The van der Waals surface area contributed by atoms with Crippen LogP contribution in [0.3, 0.4) is 0 Å². The smallest absolute Gasteiger partial charge is 0.322 e. The van der Waals surface area contributed by atoms with Gasteiger partial charge >= 0.3 is 6.03 Å². The van der Waals surface area contributed by atoms with Crippen LogP contribution in [0.1, 0.15) is 24.8 Å². The number of carbonyl (C=O) groups excluding carboxylic acids is 1. The topological polar surface area (TPSA) is 80.5 Å². The van der Waals surface area contributed by atoms with Gasteiger partial charge in [0.05, 0.1) is 12.8 Å². The molecular formula is C20H18F2N4O3. The summed E-state index contributed by atoms with van der Waals surface area (Å²) in [4.78, 5) is 18.6. The van der Waals surface area contributed by atoms with Gasteiger partial charge in [-0.15, -0.1) is 0 Å². The highest BCUT2D eigenvalue weighted by molar-refractivity contribution is 5.89. The Morgan fingerprint density at radius 3 is 2.93 bits per heavy atom. The maximum atomic E-state index is 13.8. The molecule has 1 atom stereocenters. The van der Waals surface area contributed by atoms with E-state index >= 15 is 0 Å². The molecule has 1 aromatic heterocycles. The summed E-state index contributed by atoms with van der Waals surface area (Å²) in [5.41, 5.74) is 0.631. The van der Waals surface area contributed by atoms with E-state index in [0.29, 0.717) is 30.4 Å². The first-order valence-electron chi connectivity index (χ1n) is 9.06. The normalized spacial score (nSPS) is 16.1. The number of hydrogen-bond acceptors (Lipinski definition) is 5. The van der Waals surface area contributed by atoms with Gasteiger partial charge in [0.15, 0.2) is 0 Å². The Bertz CT molecular complexity index is 1040. The molecule has 3 aromatic rings. The minimum Gasteiger partial charge on any atom is -0.497 e. The Kier molecular flexibility index (Phi) is 5.11. The van der Waals surface area contributed by atoms with Crippen molar-refractivity contribution in [2.45, 2.75) is 18.9 Å². The molecule has 0 spiro atoms. The van der Waals surface area contributed by atoms with Crippen LogP contribution in [-0.2, 0) is 0 Å². The van der Waals surface area contributed by atoms with Crippen LogP contribution in [0.2, 0.25) is 0 Å². The van der Waals surface area contributed by atoms with Gasteiger partial charge in [0.2, 0.25) is 11.7 Å². The number of nitrogens with zero attached hydrogens (tertiary/aromatic N) is 3. The molecule has 29 heavy (non-hydrogen) atoms. The van der Waals surface area contributed by atoms with Crippen LogP contribution in [-0.4, -0.2) is 34.7 Å². The molecule has 1 fully saturated rings. The summed E-state index contributed by atoms with van der Waals surface area (Å²) >= 11 is 0. The summed E-state index contributed by atoms with van der Waals surface area (Å²) in [6, 6.07) is 9.27. The molecule has 0 radical (unpaired) electrons. The Labute approximate surface area is 165 Å². The monoisotopic (exact) mass is 400 g/mol. The fourth-order valence-electron chi connectivity index (χ4n) is 3.29. The molecule has 2 amide bonds. The molecule has 4 rings (SSSR count). The predicted molar refractivity (Wildman–Crippen MR) is 100 cm³/mol. The minimum atomic E-state index is -0.841. The van der Waals surface area contributed by atoms with Crippen molar-refractivity contribution in [3.05, 3.63) is 60.0 Å². The number of amides is 2. The van der Waals surface area contributed by atoms with E-state index in [1.165, 1.54) is 11.0 Å². The summed E-state index contributed by atoms with van der Waals surface area (Å²) in [5, 5.41) is 6.48. The number of carbonyl (C=O) groups is 1. The molecule has 0 aliphatic carbocycles. The molecule has 0 unspecified atom stereocenters. The summed E-state index contributed by atoms with van der Waals surface area (Å²) in [6.07, 6.45) is 1.37. The molecule has 2 aromatic carbocycles. The lowest BCUT2D eigenvalue weighted by Crippen LogP contribution is -2.34. The maximum absolute atomic E-state index is 13.8. The Morgan fingerprint density at radius 2 is 2.14 bits per heavy atom. The van der Waals surface area contributed by atoms with Crippen LogP contribution < -0.4 is 10.1 Å². The zero-order valence-electron chi connectivity index (χ0n) is 15.6. The van der Waals surface area contributed by atoms with E-state index < -0.39 is 23.7 Å². The number of hydrogen-bond donors (Lipinski definition) is 1. The lowest BCUT2D eigenvalue weighted by Gasteiger charge is -2.22. The average molecular weight is 400 g/mol. The minimum absolute atomic E-state index is 0.0929. The number of aromatic nitrogens is 2. The number of likely N-dealkylation sites (tertiary alicyclic amines) is 1. The van der Waals surface area contributed by atoms with Gasteiger partial charge in [0, 0.05) is 18.2 Å². The highest BCUT2D eigenvalue weighted by Gasteiger charge is 2.34. The standard InChI is InChI=1S/C20H18F2N4O3/c1-28-14-5-2-4-12(10-14)18-24-19(29-25-18)17-6-3-9-26(17)20(27)23-16-8-7-13(21)11-15(16)22/h2,4-5,7-8,10-11,17H,3,6,9H2,1H3,(H,23,27)/t17-/m0/s1. The molecule has 9 heteroatoms. The van der Waals surface area contributed by atoms with Crippen molar-refractivity contribution >= 4 is 11.7 Å².